The van der Waals surface area contributed by atoms with E-state index in [1.165, 1.54) is 6.07 Å². The van der Waals surface area contributed by atoms with Gasteiger partial charge >= 0.3 is 0 Å². The molecular formula is C14H19BrFNO. The Morgan fingerprint density at radius 1 is 1.50 bits per heavy atom. The fourth-order valence-electron chi connectivity index (χ4n) is 2.50. The smallest absolute Gasteiger partial charge is 0.129 e. The number of alkyl halides is 1. The highest BCUT2D eigenvalue weighted by Gasteiger charge is 2.22. The molecule has 0 radical (unpaired) electrons. The Kier molecular flexibility index (Phi) is 5.01. The lowest BCUT2D eigenvalue weighted by atomic mass is 10.1. The van der Waals surface area contributed by atoms with Crippen molar-refractivity contribution in [3.05, 3.63) is 29.6 Å². The van der Waals surface area contributed by atoms with Crippen LogP contribution in [0.4, 0.5) is 10.1 Å². The first-order chi connectivity index (χ1) is 8.76. The van der Waals surface area contributed by atoms with Gasteiger partial charge in [-0.25, -0.2) is 4.39 Å². The van der Waals surface area contributed by atoms with Crippen molar-refractivity contribution < 1.29 is 9.13 Å². The van der Waals surface area contributed by atoms with Crippen LogP contribution in [0.25, 0.3) is 0 Å². The number of hydrogen-bond acceptors (Lipinski definition) is 2. The van der Waals surface area contributed by atoms with E-state index in [-0.39, 0.29) is 11.9 Å². The Morgan fingerprint density at radius 2 is 2.33 bits per heavy atom. The maximum Gasteiger partial charge on any atom is 0.129 e. The van der Waals surface area contributed by atoms with E-state index in [0.29, 0.717) is 5.33 Å². The standard InChI is InChI=1S/C14H19BrFNO/c1-2-18-11-5-4-8-17(10-11)14-7-3-6-13(16)12(14)9-15/h3,6-7,11H,2,4-5,8-10H2,1H3. The number of anilines is 1. The van der Waals surface area contributed by atoms with E-state index in [2.05, 4.69) is 20.8 Å². The minimum atomic E-state index is -0.136. The highest BCUT2D eigenvalue weighted by atomic mass is 79.9. The molecule has 1 aromatic carbocycles. The summed E-state index contributed by atoms with van der Waals surface area (Å²) in [6.45, 7) is 4.60. The van der Waals surface area contributed by atoms with Crippen LogP contribution in [-0.2, 0) is 10.1 Å². The third kappa shape index (κ3) is 3.04. The topological polar surface area (TPSA) is 12.5 Å². The molecule has 1 aliphatic rings. The van der Waals surface area contributed by atoms with E-state index in [9.17, 15) is 4.39 Å². The molecule has 0 N–H and O–H groups in total. The molecule has 0 spiro atoms. The van der Waals surface area contributed by atoms with Crippen LogP contribution in [0.3, 0.4) is 0 Å². The van der Waals surface area contributed by atoms with E-state index in [1.807, 2.05) is 13.0 Å². The minimum Gasteiger partial charge on any atom is -0.377 e. The predicted octanol–water partition coefficient (Wildman–Crippen LogP) is 3.73. The molecule has 100 valence electrons. The van der Waals surface area contributed by atoms with Crippen LogP contribution >= 0.6 is 15.9 Å². The molecule has 1 heterocycles. The van der Waals surface area contributed by atoms with Crippen LogP contribution in [0.2, 0.25) is 0 Å². The molecule has 1 saturated heterocycles. The van der Waals surface area contributed by atoms with Gasteiger partial charge in [0.2, 0.25) is 0 Å². The Bertz CT molecular complexity index is 397. The van der Waals surface area contributed by atoms with E-state index in [0.717, 1.165) is 43.8 Å². The van der Waals surface area contributed by atoms with Crippen molar-refractivity contribution in [1.29, 1.82) is 0 Å². The molecular weight excluding hydrogens is 297 g/mol. The van der Waals surface area contributed by atoms with Gasteiger partial charge in [-0.15, -0.1) is 0 Å². The van der Waals surface area contributed by atoms with Crippen LogP contribution in [0, 0.1) is 5.82 Å². The highest BCUT2D eigenvalue weighted by Crippen LogP contribution is 2.28. The monoisotopic (exact) mass is 315 g/mol. The number of piperidine rings is 1. The first-order valence-electron chi connectivity index (χ1n) is 6.46. The summed E-state index contributed by atoms with van der Waals surface area (Å²) in [5.41, 5.74) is 1.74. The second kappa shape index (κ2) is 6.53. The largest absolute Gasteiger partial charge is 0.377 e. The van der Waals surface area contributed by atoms with Crippen molar-refractivity contribution >= 4 is 21.6 Å². The fraction of sp³-hybridized carbons (Fsp3) is 0.571. The first kappa shape index (κ1) is 13.8. The number of benzene rings is 1. The van der Waals surface area contributed by atoms with Gasteiger partial charge in [-0.1, -0.05) is 22.0 Å². The van der Waals surface area contributed by atoms with Crippen LogP contribution in [-0.4, -0.2) is 25.8 Å². The number of nitrogens with zero attached hydrogens (tertiary/aromatic N) is 1. The number of hydrogen-bond donors (Lipinski definition) is 0. The molecule has 0 aromatic heterocycles. The van der Waals surface area contributed by atoms with E-state index >= 15 is 0 Å². The Labute approximate surface area is 116 Å². The van der Waals surface area contributed by atoms with Crippen molar-refractivity contribution in [3.63, 3.8) is 0 Å². The van der Waals surface area contributed by atoms with Crippen molar-refractivity contribution in [2.24, 2.45) is 0 Å². The summed E-state index contributed by atoms with van der Waals surface area (Å²) in [4.78, 5) is 2.24. The van der Waals surface area contributed by atoms with Gasteiger partial charge in [-0.3, -0.25) is 0 Å². The molecule has 18 heavy (non-hydrogen) atoms. The van der Waals surface area contributed by atoms with Crippen LogP contribution < -0.4 is 4.90 Å². The normalized spacial score (nSPS) is 20.2. The molecule has 1 atom stereocenters. The predicted molar refractivity (Wildman–Crippen MR) is 75.9 cm³/mol. The second-order valence-corrected chi connectivity index (χ2v) is 5.10. The van der Waals surface area contributed by atoms with Gasteiger partial charge in [0.25, 0.3) is 0 Å². The molecule has 4 heteroatoms. The Balaban J connectivity index is 2.18. The minimum absolute atomic E-state index is 0.136. The maximum atomic E-state index is 13.8. The Hall–Kier alpha value is -0.610. The summed E-state index contributed by atoms with van der Waals surface area (Å²) in [6.07, 6.45) is 2.47. The summed E-state index contributed by atoms with van der Waals surface area (Å²) >= 11 is 3.37. The second-order valence-electron chi connectivity index (χ2n) is 4.54. The molecule has 1 aliphatic heterocycles. The van der Waals surface area contributed by atoms with Gasteiger partial charge in [0.05, 0.1) is 6.10 Å². The van der Waals surface area contributed by atoms with Crippen LogP contribution in [0.15, 0.2) is 18.2 Å². The fourth-order valence-corrected chi connectivity index (χ4v) is 3.06. The third-order valence-corrected chi connectivity index (χ3v) is 3.91. The van der Waals surface area contributed by atoms with Gasteiger partial charge < -0.3 is 9.64 Å². The molecule has 0 amide bonds. The van der Waals surface area contributed by atoms with Gasteiger partial charge in [0, 0.05) is 36.3 Å². The number of halogens is 2. The van der Waals surface area contributed by atoms with Crippen LogP contribution in [0.5, 0.6) is 0 Å². The third-order valence-electron chi connectivity index (χ3n) is 3.35. The molecule has 0 saturated carbocycles. The van der Waals surface area contributed by atoms with Gasteiger partial charge in [-0.2, -0.15) is 0 Å². The lowest BCUT2D eigenvalue weighted by Gasteiger charge is -2.35. The zero-order valence-electron chi connectivity index (χ0n) is 10.7. The average Bonchev–Trinajstić information content (AvgIpc) is 2.39. The molecule has 0 bridgehead atoms. The van der Waals surface area contributed by atoms with E-state index in [1.54, 1.807) is 6.07 Å². The van der Waals surface area contributed by atoms with Crippen molar-refractivity contribution in [2.45, 2.75) is 31.2 Å². The lowest BCUT2D eigenvalue weighted by Crippen LogP contribution is -2.40. The summed E-state index contributed by atoms with van der Waals surface area (Å²) in [6, 6.07) is 5.29. The first-order valence-corrected chi connectivity index (χ1v) is 7.58. The molecule has 2 rings (SSSR count). The Morgan fingerprint density at radius 3 is 3.06 bits per heavy atom. The summed E-state index contributed by atoms with van der Waals surface area (Å²) in [5.74, 6) is -0.136. The zero-order chi connectivity index (χ0) is 13.0. The zero-order valence-corrected chi connectivity index (χ0v) is 12.2. The highest BCUT2D eigenvalue weighted by molar-refractivity contribution is 9.08. The van der Waals surface area contributed by atoms with E-state index in [4.69, 9.17) is 4.74 Å². The number of rotatable bonds is 4. The van der Waals surface area contributed by atoms with Gasteiger partial charge in [-0.05, 0) is 31.9 Å². The SMILES string of the molecule is CCOC1CCCN(c2cccc(F)c2CBr)C1. The van der Waals surface area contributed by atoms with Crippen LogP contribution in [0.1, 0.15) is 25.3 Å². The quantitative estimate of drug-likeness (QED) is 0.785. The summed E-state index contributed by atoms with van der Waals surface area (Å²) < 4.78 is 19.5. The molecule has 2 nitrogen and oxygen atoms in total. The lowest BCUT2D eigenvalue weighted by molar-refractivity contribution is 0.0526. The average molecular weight is 316 g/mol. The summed E-state index contributed by atoms with van der Waals surface area (Å²) in [5, 5.41) is 0.546. The molecule has 1 aromatic rings. The molecule has 1 fully saturated rings. The van der Waals surface area contributed by atoms with E-state index < -0.39 is 0 Å². The molecule has 0 aliphatic carbocycles. The summed E-state index contributed by atoms with van der Waals surface area (Å²) in [7, 11) is 0. The maximum absolute atomic E-state index is 13.8. The van der Waals surface area contributed by atoms with Crippen molar-refractivity contribution in [2.75, 3.05) is 24.6 Å². The van der Waals surface area contributed by atoms with Gasteiger partial charge in [0.1, 0.15) is 5.82 Å². The van der Waals surface area contributed by atoms with Crippen molar-refractivity contribution in [1.82, 2.24) is 0 Å². The number of ether oxygens (including phenoxy) is 1. The van der Waals surface area contributed by atoms with Gasteiger partial charge in [0.15, 0.2) is 0 Å². The molecule has 1 unspecified atom stereocenters. The van der Waals surface area contributed by atoms with Crippen molar-refractivity contribution in [3.8, 4) is 0 Å².